The summed E-state index contributed by atoms with van der Waals surface area (Å²) in [5.74, 6) is 0. The fraction of sp³-hybridized carbons (Fsp3) is 0.133. The Morgan fingerprint density at radius 1 is 1.15 bits per heavy atom. The molecule has 0 radical (unpaired) electrons. The zero-order valence-electron chi connectivity index (χ0n) is 10.9. The third-order valence-corrected chi connectivity index (χ3v) is 3.38. The lowest BCUT2D eigenvalue weighted by molar-refractivity contribution is 0.876. The van der Waals surface area contributed by atoms with Crippen molar-refractivity contribution in [2.75, 3.05) is 5.32 Å². The van der Waals surface area contributed by atoms with Crippen LogP contribution < -0.4 is 5.32 Å². The van der Waals surface area contributed by atoms with E-state index in [-0.39, 0.29) is 6.04 Å². The Morgan fingerprint density at radius 3 is 2.80 bits per heavy atom. The minimum absolute atomic E-state index is 0.133. The first-order chi connectivity index (χ1) is 9.74. The van der Waals surface area contributed by atoms with Crippen molar-refractivity contribution in [2.24, 2.45) is 0 Å². The van der Waals surface area contributed by atoms with E-state index in [0.717, 1.165) is 16.8 Å². The number of benzene rings is 1. The molecule has 5 heteroatoms. The van der Waals surface area contributed by atoms with Gasteiger partial charge in [-0.15, -0.1) is 0 Å². The average molecular weight is 285 g/mol. The molecule has 1 N–H and O–H groups in total. The summed E-state index contributed by atoms with van der Waals surface area (Å²) in [5, 5.41) is 3.99. The Bertz CT molecular complexity index is 730. The van der Waals surface area contributed by atoms with Crippen LogP contribution in [0.1, 0.15) is 18.5 Å². The van der Waals surface area contributed by atoms with Gasteiger partial charge in [0.05, 0.1) is 16.6 Å². The Kier molecular flexibility index (Phi) is 3.48. The normalized spacial score (nSPS) is 12.3. The maximum Gasteiger partial charge on any atom is 0.107 e. The van der Waals surface area contributed by atoms with Gasteiger partial charge in [-0.2, -0.15) is 0 Å². The van der Waals surface area contributed by atoms with Crippen LogP contribution >= 0.6 is 11.6 Å². The van der Waals surface area contributed by atoms with E-state index in [4.69, 9.17) is 11.6 Å². The van der Waals surface area contributed by atoms with E-state index in [9.17, 15) is 0 Å². The highest BCUT2D eigenvalue weighted by molar-refractivity contribution is 6.35. The molecule has 3 rings (SSSR count). The van der Waals surface area contributed by atoms with Crippen LogP contribution in [0.25, 0.3) is 11.0 Å². The maximum absolute atomic E-state index is 6.24. The molecule has 1 aromatic carbocycles. The molecule has 0 amide bonds. The zero-order chi connectivity index (χ0) is 13.9. The van der Waals surface area contributed by atoms with E-state index < -0.39 is 0 Å². The predicted molar refractivity (Wildman–Crippen MR) is 80.8 cm³/mol. The van der Waals surface area contributed by atoms with Crippen molar-refractivity contribution >= 4 is 28.3 Å². The van der Waals surface area contributed by atoms with E-state index in [1.54, 1.807) is 18.6 Å². The molecular weight excluding hydrogens is 272 g/mol. The Hall–Kier alpha value is -2.20. The number of pyridine rings is 1. The lowest BCUT2D eigenvalue weighted by Crippen LogP contribution is -2.07. The number of rotatable bonds is 3. The fourth-order valence-electron chi connectivity index (χ4n) is 2.08. The van der Waals surface area contributed by atoms with Gasteiger partial charge in [0.25, 0.3) is 0 Å². The van der Waals surface area contributed by atoms with Gasteiger partial charge in [0, 0.05) is 30.5 Å². The van der Waals surface area contributed by atoms with Crippen LogP contribution in [0, 0.1) is 0 Å². The SMILES string of the molecule is CC(Nc1cc(Cl)c2nccnc2c1)c1cccnc1. The van der Waals surface area contributed by atoms with E-state index in [0.29, 0.717) is 10.5 Å². The molecule has 4 nitrogen and oxygen atoms in total. The molecule has 20 heavy (non-hydrogen) atoms. The van der Waals surface area contributed by atoms with Gasteiger partial charge >= 0.3 is 0 Å². The number of anilines is 1. The summed E-state index contributed by atoms with van der Waals surface area (Å²) in [6, 6.07) is 7.90. The molecule has 0 spiro atoms. The molecule has 0 bridgehead atoms. The lowest BCUT2D eigenvalue weighted by Gasteiger charge is -2.16. The minimum atomic E-state index is 0.133. The van der Waals surface area contributed by atoms with Gasteiger partial charge in [0.15, 0.2) is 0 Å². The third-order valence-electron chi connectivity index (χ3n) is 3.09. The number of aromatic nitrogens is 3. The van der Waals surface area contributed by atoms with Gasteiger partial charge in [0.1, 0.15) is 5.52 Å². The largest absolute Gasteiger partial charge is 0.378 e. The first-order valence-corrected chi connectivity index (χ1v) is 6.68. The van der Waals surface area contributed by atoms with Crippen LogP contribution in [-0.2, 0) is 0 Å². The Balaban J connectivity index is 1.91. The van der Waals surface area contributed by atoms with Crippen molar-refractivity contribution in [3.8, 4) is 0 Å². The summed E-state index contributed by atoms with van der Waals surface area (Å²) >= 11 is 6.24. The lowest BCUT2D eigenvalue weighted by atomic mass is 10.1. The quantitative estimate of drug-likeness (QED) is 0.794. The molecule has 0 aliphatic rings. The summed E-state index contributed by atoms with van der Waals surface area (Å²) in [4.78, 5) is 12.6. The van der Waals surface area contributed by atoms with Crippen molar-refractivity contribution in [3.63, 3.8) is 0 Å². The highest BCUT2D eigenvalue weighted by Crippen LogP contribution is 2.27. The minimum Gasteiger partial charge on any atom is -0.378 e. The van der Waals surface area contributed by atoms with Gasteiger partial charge in [-0.05, 0) is 30.7 Å². The highest BCUT2D eigenvalue weighted by Gasteiger charge is 2.08. The monoisotopic (exact) mass is 284 g/mol. The number of hydrogen-bond acceptors (Lipinski definition) is 4. The van der Waals surface area contributed by atoms with Gasteiger partial charge in [-0.1, -0.05) is 17.7 Å². The number of halogens is 1. The second-order valence-electron chi connectivity index (χ2n) is 4.53. The third kappa shape index (κ3) is 2.56. The van der Waals surface area contributed by atoms with Crippen molar-refractivity contribution in [2.45, 2.75) is 13.0 Å². The van der Waals surface area contributed by atoms with Crippen LogP contribution in [0.15, 0.2) is 49.1 Å². The molecule has 0 aliphatic heterocycles. The molecule has 1 atom stereocenters. The van der Waals surface area contributed by atoms with Crippen LogP contribution in [0.4, 0.5) is 5.69 Å². The predicted octanol–water partition coefficient (Wildman–Crippen LogP) is 3.85. The second kappa shape index (κ2) is 5.43. The van der Waals surface area contributed by atoms with Crippen LogP contribution in [0.2, 0.25) is 5.02 Å². The number of hydrogen-bond donors (Lipinski definition) is 1. The van der Waals surface area contributed by atoms with Gasteiger partial charge in [0.2, 0.25) is 0 Å². The maximum atomic E-state index is 6.24. The molecule has 100 valence electrons. The molecule has 0 saturated heterocycles. The van der Waals surface area contributed by atoms with E-state index in [1.165, 1.54) is 0 Å². The molecule has 3 aromatic rings. The number of nitrogens with zero attached hydrogens (tertiary/aromatic N) is 3. The van der Waals surface area contributed by atoms with Gasteiger partial charge in [-0.3, -0.25) is 15.0 Å². The fourth-order valence-corrected chi connectivity index (χ4v) is 2.34. The first kappa shape index (κ1) is 12.8. The van der Waals surface area contributed by atoms with Crippen LogP contribution in [0.5, 0.6) is 0 Å². The van der Waals surface area contributed by atoms with E-state index >= 15 is 0 Å². The summed E-state index contributed by atoms with van der Waals surface area (Å²) in [6.45, 7) is 2.08. The molecule has 2 aromatic heterocycles. The molecule has 0 saturated carbocycles. The second-order valence-corrected chi connectivity index (χ2v) is 4.94. The first-order valence-electron chi connectivity index (χ1n) is 6.31. The zero-order valence-corrected chi connectivity index (χ0v) is 11.7. The van der Waals surface area contributed by atoms with Crippen LogP contribution in [0.3, 0.4) is 0 Å². The van der Waals surface area contributed by atoms with Crippen molar-refractivity contribution in [1.29, 1.82) is 0 Å². The Morgan fingerprint density at radius 2 is 2.00 bits per heavy atom. The van der Waals surface area contributed by atoms with Crippen LogP contribution in [-0.4, -0.2) is 15.0 Å². The topological polar surface area (TPSA) is 50.7 Å². The molecule has 2 heterocycles. The van der Waals surface area contributed by atoms with Crippen molar-refractivity contribution < 1.29 is 0 Å². The van der Waals surface area contributed by atoms with Gasteiger partial charge < -0.3 is 5.32 Å². The van der Waals surface area contributed by atoms with Crippen molar-refractivity contribution in [3.05, 3.63) is 59.6 Å². The average Bonchev–Trinajstić information content (AvgIpc) is 2.48. The Labute approximate surface area is 121 Å². The molecule has 0 fully saturated rings. The molecular formula is C15H13ClN4. The summed E-state index contributed by atoms with van der Waals surface area (Å²) < 4.78 is 0. The summed E-state index contributed by atoms with van der Waals surface area (Å²) in [6.07, 6.45) is 6.91. The van der Waals surface area contributed by atoms with Gasteiger partial charge in [-0.25, -0.2) is 0 Å². The number of fused-ring (bicyclic) bond motifs is 1. The smallest absolute Gasteiger partial charge is 0.107 e. The van der Waals surface area contributed by atoms with E-state index in [2.05, 4.69) is 27.2 Å². The summed E-state index contributed by atoms with van der Waals surface area (Å²) in [5.41, 5.74) is 3.52. The van der Waals surface area contributed by atoms with E-state index in [1.807, 2.05) is 30.5 Å². The summed E-state index contributed by atoms with van der Waals surface area (Å²) in [7, 11) is 0. The highest BCUT2D eigenvalue weighted by atomic mass is 35.5. The molecule has 0 aliphatic carbocycles. The molecule has 1 unspecified atom stereocenters. The number of nitrogens with one attached hydrogen (secondary N) is 1. The van der Waals surface area contributed by atoms with Crippen molar-refractivity contribution in [1.82, 2.24) is 15.0 Å². The standard InChI is InChI=1S/C15H13ClN4/c1-10(11-3-2-4-17-9-11)20-12-7-13(16)15-14(8-12)18-5-6-19-15/h2-10,20H,1H3.